The zero-order valence-corrected chi connectivity index (χ0v) is 23.9. The standard InChI is InChI=1S/C34H41FN2O3/c1-34(2,3)28-19-11-13-21-31(28)40-24-32(38)37(23-26-16-10-12-20-29(26)35)30(22-25-14-6-4-7-15-25)33(39)36-27-17-8-5-9-18-27/h4,6-7,10-16,19-21,27,30H,5,8-9,17-18,22-24H2,1-3H3,(H,36,39)/t30-/m1/s1. The highest BCUT2D eigenvalue weighted by Gasteiger charge is 2.33. The first-order valence-electron chi connectivity index (χ1n) is 14.3. The Morgan fingerprint density at radius 2 is 1.57 bits per heavy atom. The van der Waals surface area contributed by atoms with Gasteiger partial charge in [-0.1, -0.05) is 107 Å². The molecule has 0 aromatic heterocycles. The number of halogens is 1. The van der Waals surface area contributed by atoms with E-state index in [-0.39, 0.29) is 36.4 Å². The SMILES string of the molecule is CC(C)(C)c1ccccc1OCC(=O)N(Cc1ccccc1F)[C@H](Cc1ccccc1)C(=O)NC1CCCCC1. The van der Waals surface area contributed by atoms with Crippen LogP contribution in [0.25, 0.3) is 0 Å². The number of nitrogens with zero attached hydrogens (tertiary/aromatic N) is 1. The molecule has 0 bridgehead atoms. The van der Waals surface area contributed by atoms with Crippen molar-refractivity contribution in [2.24, 2.45) is 0 Å². The van der Waals surface area contributed by atoms with Crippen LogP contribution in [0.2, 0.25) is 0 Å². The first kappa shape index (κ1) is 29.3. The minimum atomic E-state index is -0.821. The van der Waals surface area contributed by atoms with Crippen molar-refractivity contribution < 1.29 is 18.7 Å². The van der Waals surface area contributed by atoms with Crippen molar-refractivity contribution in [3.63, 3.8) is 0 Å². The molecular formula is C34H41FN2O3. The van der Waals surface area contributed by atoms with Crippen LogP contribution in [-0.2, 0) is 28.0 Å². The molecule has 40 heavy (non-hydrogen) atoms. The third-order valence-electron chi connectivity index (χ3n) is 7.57. The van der Waals surface area contributed by atoms with Crippen LogP contribution >= 0.6 is 0 Å². The summed E-state index contributed by atoms with van der Waals surface area (Å²) in [4.78, 5) is 29.3. The molecule has 3 aromatic rings. The lowest BCUT2D eigenvalue weighted by Gasteiger charge is -2.33. The van der Waals surface area contributed by atoms with Crippen LogP contribution in [-0.4, -0.2) is 35.4 Å². The summed E-state index contributed by atoms with van der Waals surface area (Å²) < 4.78 is 20.9. The molecule has 1 aliphatic carbocycles. The van der Waals surface area contributed by atoms with Gasteiger partial charge in [0.1, 0.15) is 17.6 Å². The summed E-state index contributed by atoms with van der Waals surface area (Å²) in [7, 11) is 0. The maximum atomic E-state index is 14.8. The number of nitrogens with one attached hydrogen (secondary N) is 1. The summed E-state index contributed by atoms with van der Waals surface area (Å²) in [6.07, 6.45) is 5.50. The Balaban J connectivity index is 1.64. The average Bonchev–Trinajstić information content (AvgIpc) is 2.95. The molecule has 0 heterocycles. The molecule has 0 radical (unpaired) electrons. The van der Waals surface area contributed by atoms with Gasteiger partial charge in [-0.05, 0) is 41.5 Å². The Hall–Kier alpha value is -3.67. The molecule has 5 nitrogen and oxygen atoms in total. The fourth-order valence-corrected chi connectivity index (χ4v) is 5.34. The molecule has 0 spiro atoms. The van der Waals surface area contributed by atoms with Gasteiger partial charge in [-0.3, -0.25) is 9.59 Å². The lowest BCUT2D eigenvalue weighted by atomic mass is 9.86. The molecule has 0 unspecified atom stereocenters. The molecule has 1 aliphatic rings. The van der Waals surface area contributed by atoms with Crippen molar-refractivity contribution in [3.05, 3.63) is 101 Å². The van der Waals surface area contributed by atoms with Crippen molar-refractivity contribution in [3.8, 4) is 5.75 Å². The quantitative estimate of drug-likeness (QED) is 0.313. The highest BCUT2D eigenvalue weighted by atomic mass is 19.1. The molecule has 1 fully saturated rings. The highest BCUT2D eigenvalue weighted by molar-refractivity contribution is 5.88. The molecule has 2 amide bonds. The predicted octanol–water partition coefficient (Wildman–Crippen LogP) is 6.59. The van der Waals surface area contributed by atoms with Gasteiger partial charge in [-0.15, -0.1) is 0 Å². The second kappa shape index (κ2) is 13.6. The predicted molar refractivity (Wildman–Crippen MR) is 157 cm³/mol. The lowest BCUT2D eigenvalue weighted by molar-refractivity contribution is -0.143. The van der Waals surface area contributed by atoms with Gasteiger partial charge >= 0.3 is 0 Å². The molecule has 1 N–H and O–H groups in total. The van der Waals surface area contributed by atoms with Crippen molar-refractivity contribution in [1.29, 1.82) is 0 Å². The molecule has 3 aromatic carbocycles. The van der Waals surface area contributed by atoms with Crippen LogP contribution < -0.4 is 10.1 Å². The van der Waals surface area contributed by atoms with Gasteiger partial charge in [0.05, 0.1) is 0 Å². The minimum Gasteiger partial charge on any atom is -0.483 e. The monoisotopic (exact) mass is 544 g/mol. The van der Waals surface area contributed by atoms with E-state index in [2.05, 4.69) is 26.1 Å². The number of rotatable bonds is 10. The highest BCUT2D eigenvalue weighted by Crippen LogP contribution is 2.31. The number of hydrogen-bond acceptors (Lipinski definition) is 3. The molecule has 6 heteroatoms. The fourth-order valence-electron chi connectivity index (χ4n) is 5.34. The van der Waals surface area contributed by atoms with Gasteiger partial charge in [0, 0.05) is 24.6 Å². The van der Waals surface area contributed by atoms with Crippen LogP contribution in [0.3, 0.4) is 0 Å². The fraction of sp³-hybridized carbons (Fsp3) is 0.412. The van der Waals surface area contributed by atoms with Crippen molar-refractivity contribution in [2.45, 2.75) is 83.3 Å². The maximum absolute atomic E-state index is 14.8. The first-order chi connectivity index (χ1) is 19.2. The molecule has 4 rings (SSSR count). The second-order valence-corrected chi connectivity index (χ2v) is 11.7. The van der Waals surface area contributed by atoms with E-state index in [0.717, 1.165) is 36.8 Å². The summed E-state index contributed by atoms with van der Waals surface area (Å²) in [5.74, 6) is -0.367. The zero-order chi connectivity index (χ0) is 28.5. The van der Waals surface area contributed by atoms with E-state index in [9.17, 15) is 14.0 Å². The Morgan fingerprint density at radius 3 is 2.27 bits per heavy atom. The van der Waals surface area contributed by atoms with Crippen molar-refractivity contribution in [2.75, 3.05) is 6.61 Å². The third kappa shape index (κ3) is 7.93. The van der Waals surface area contributed by atoms with Crippen molar-refractivity contribution >= 4 is 11.8 Å². The largest absolute Gasteiger partial charge is 0.483 e. The Labute approximate surface area is 237 Å². The van der Waals surface area contributed by atoms with Gasteiger partial charge in [-0.2, -0.15) is 0 Å². The van der Waals surface area contributed by atoms with E-state index in [1.807, 2.05) is 54.6 Å². The first-order valence-corrected chi connectivity index (χ1v) is 14.3. The van der Waals surface area contributed by atoms with E-state index in [1.165, 1.54) is 17.4 Å². The Bertz CT molecular complexity index is 1270. The number of benzene rings is 3. The molecule has 212 valence electrons. The van der Waals surface area contributed by atoms with E-state index >= 15 is 0 Å². The number of amides is 2. The van der Waals surface area contributed by atoms with Gasteiger partial charge < -0.3 is 15.0 Å². The van der Waals surface area contributed by atoms with Crippen molar-refractivity contribution in [1.82, 2.24) is 10.2 Å². The van der Waals surface area contributed by atoms with Crippen LogP contribution in [0, 0.1) is 5.82 Å². The normalized spacial score (nSPS) is 14.8. The number of ether oxygens (including phenoxy) is 1. The maximum Gasteiger partial charge on any atom is 0.261 e. The van der Waals surface area contributed by atoms with Crippen LogP contribution in [0.15, 0.2) is 78.9 Å². The summed E-state index contributed by atoms with van der Waals surface area (Å²) in [6.45, 7) is 5.97. The molecule has 0 saturated heterocycles. The number of carbonyl (C=O) groups excluding carboxylic acids is 2. The lowest BCUT2D eigenvalue weighted by Crippen LogP contribution is -2.53. The number of hydrogen-bond donors (Lipinski definition) is 1. The number of para-hydroxylation sites is 1. The van der Waals surface area contributed by atoms with Gasteiger partial charge in [-0.25, -0.2) is 4.39 Å². The number of carbonyl (C=O) groups is 2. The van der Waals surface area contributed by atoms with Gasteiger partial charge in [0.2, 0.25) is 5.91 Å². The van der Waals surface area contributed by atoms with Gasteiger partial charge in [0.25, 0.3) is 5.91 Å². The molecular weight excluding hydrogens is 503 g/mol. The van der Waals surface area contributed by atoms with Gasteiger partial charge in [0.15, 0.2) is 6.61 Å². The summed E-state index contributed by atoms with van der Waals surface area (Å²) in [6, 6.07) is 23.0. The topological polar surface area (TPSA) is 58.6 Å². The van der Waals surface area contributed by atoms with Crippen LogP contribution in [0.1, 0.15) is 69.6 Å². The van der Waals surface area contributed by atoms with E-state index in [1.54, 1.807) is 18.2 Å². The van der Waals surface area contributed by atoms with Crippen LogP contribution in [0.5, 0.6) is 5.75 Å². The molecule has 1 saturated carbocycles. The third-order valence-corrected chi connectivity index (χ3v) is 7.57. The molecule has 0 aliphatic heterocycles. The summed E-state index contributed by atoms with van der Waals surface area (Å²) in [5, 5.41) is 3.21. The van der Waals surface area contributed by atoms with E-state index in [4.69, 9.17) is 4.74 Å². The summed E-state index contributed by atoms with van der Waals surface area (Å²) >= 11 is 0. The van der Waals surface area contributed by atoms with E-state index in [0.29, 0.717) is 17.7 Å². The Morgan fingerprint density at radius 1 is 0.925 bits per heavy atom. The zero-order valence-electron chi connectivity index (χ0n) is 23.9. The molecule has 1 atom stereocenters. The summed E-state index contributed by atoms with van der Waals surface area (Å²) in [5.41, 5.74) is 2.09. The Kier molecular flexibility index (Phi) is 9.97. The smallest absolute Gasteiger partial charge is 0.261 e. The average molecular weight is 545 g/mol. The second-order valence-electron chi connectivity index (χ2n) is 11.7. The van der Waals surface area contributed by atoms with E-state index < -0.39 is 11.9 Å². The minimum absolute atomic E-state index is 0.0363. The van der Waals surface area contributed by atoms with Crippen LogP contribution in [0.4, 0.5) is 4.39 Å².